The SMILES string of the molecule is NC(=O)c1cc(-c2cccnc2[C@H](Cc2cc(F)cc(F)c2)NC(=O)Cn2nc(C(F)(F)F)cc2C(F)F)ccc1F. The lowest BCUT2D eigenvalue weighted by Gasteiger charge is -2.22. The maximum Gasteiger partial charge on any atom is 0.435 e. The lowest BCUT2D eigenvalue weighted by molar-refractivity contribution is -0.141. The summed E-state index contributed by atoms with van der Waals surface area (Å²) >= 11 is 0. The molecule has 0 fully saturated rings. The van der Waals surface area contributed by atoms with Gasteiger partial charge in [0.1, 0.15) is 29.7 Å². The van der Waals surface area contributed by atoms with Gasteiger partial charge in [0.15, 0.2) is 5.69 Å². The van der Waals surface area contributed by atoms with E-state index < -0.39 is 71.4 Å². The van der Waals surface area contributed by atoms with Gasteiger partial charge in [0.05, 0.1) is 17.3 Å². The Morgan fingerprint density at radius 3 is 2.29 bits per heavy atom. The number of benzene rings is 2. The summed E-state index contributed by atoms with van der Waals surface area (Å²) in [5.41, 5.74) is 2.46. The molecule has 7 nitrogen and oxygen atoms in total. The number of nitrogens with zero attached hydrogens (tertiary/aromatic N) is 3. The number of hydrogen-bond donors (Lipinski definition) is 2. The smallest absolute Gasteiger partial charge is 0.366 e. The highest BCUT2D eigenvalue weighted by Gasteiger charge is 2.36. The fraction of sp³-hybridized carbons (Fsp3) is 0.185. The average molecular weight is 597 g/mol. The first-order valence-corrected chi connectivity index (χ1v) is 11.9. The number of pyridine rings is 1. The number of primary amides is 1. The topological polar surface area (TPSA) is 103 Å². The monoisotopic (exact) mass is 597 g/mol. The van der Waals surface area contributed by atoms with Crippen LogP contribution in [0.25, 0.3) is 11.1 Å². The second-order valence-electron chi connectivity index (χ2n) is 9.01. The molecule has 2 aromatic carbocycles. The van der Waals surface area contributed by atoms with Gasteiger partial charge in [0, 0.05) is 17.8 Å². The maximum absolute atomic E-state index is 14.1. The van der Waals surface area contributed by atoms with Gasteiger partial charge in [-0.1, -0.05) is 12.1 Å². The van der Waals surface area contributed by atoms with Crippen molar-refractivity contribution in [3.8, 4) is 11.1 Å². The molecule has 4 aromatic rings. The van der Waals surface area contributed by atoms with Gasteiger partial charge >= 0.3 is 6.18 Å². The van der Waals surface area contributed by atoms with Crippen molar-refractivity contribution in [1.29, 1.82) is 0 Å². The molecule has 0 bridgehead atoms. The largest absolute Gasteiger partial charge is 0.435 e. The summed E-state index contributed by atoms with van der Waals surface area (Å²) in [4.78, 5) is 28.9. The number of carbonyl (C=O) groups is 2. The van der Waals surface area contributed by atoms with Crippen LogP contribution in [0.3, 0.4) is 0 Å². The molecule has 1 atom stereocenters. The number of nitrogens with two attached hydrogens (primary N) is 1. The van der Waals surface area contributed by atoms with E-state index in [1.54, 1.807) is 0 Å². The fourth-order valence-corrected chi connectivity index (χ4v) is 4.25. The second kappa shape index (κ2) is 12.0. The minimum Gasteiger partial charge on any atom is -0.366 e. The Kier molecular flexibility index (Phi) is 8.59. The molecule has 220 valence electrons. The zero-order valence-corrected chi connectivity index (χ0v) is 21.1. The Balaban J connectivity index is 1.75. The Hall–Kier alpha value is -4.82. The molecule has 0 aliphatic heterocycles. The lowest BCUT2D eigenvalue weighted by Crippen LogP contribution is -2.34. The molecule has 3 N–H and O–H groups in total. The molecular formula is C27H19F8N5O2. The van der Waals surface area contributed by atoms with Crippen LogP contribution in [0.2, 0.25) is 0 Å². The van der Waals surface area contributed by atoms with Crippen LogP contribution in [0.15, 0.2) is 60.8 Å². The predicted octanol–water partition coefficient (Wildman–Crippen LogP) is 5.52. The third-order valence-corrected chi connectivity index (χ3v) is 6.03. The molecule has 0 spiro atoms. The van der Waals surface area contributed by atoms with Gasteiger partial charge in [-0.3, -0.25) is 19.3 Å². The van der Waals surface area contributed by atoms with E-state index in [0.29, 0.717) is 6.07 Å². The van der Waals surface area contributed by atoms with Crippen molar-refractivity contribution in [2.24, 2.45) is 5.73 Å². The second-order valence-corrected chi connectivity index (χ2v) is 9.01. The number of amides is 2. The molecule has 0 aliphatic carbocycles. The average Bonchev–Trinajstić information content (AvgIpc) is 3.32. The first-order chi connectivity index (χ1) is 19.7. The molecular weight excluding hydrogens is 578 g/mol. The number of rotatable bonds is 9. The standard InChI is InChI=1S/C27H19F8N5O2/c28-15-6-13(7-16(29)10-15)8-20(38-23(41)12-40-21(25(31)32)11-22(39-40)27(33,34)35)24-17(2-1-5-37-24)14-3-4-19(30)18(9-14)26(36)42/h1-7,9-11,20,25H,8,12H2,(H2,36,42)(H,38,41)/t20-/m0/s1. The summed E-state index contributed by atoms with van der Waals surface area (Å²) in [6.07, 6.45) is -7.49. The van der Waals surface area contributed by atoms with Gasteiger partial charge in [0.25, 0.3) is 12.3 Å². The van der Waals surface area contributed by atoms with Gasteiger partial charge in [-0.05, 0) is 53.9 Å². The Labute approximate surface area is 232 Å². The quantitative estimate of drug-likeness (QED) is 0.248. The van der Waals surface area contributed by atoms with Crippen LogP contribution in [0.1, 0.15) is 45.5 Å². The molecule has 4 rings (SSSR count). The minimum absolute atomic E-state index is 0.0260. The number of halogens is 8. The zero-order valence-electron chi connectivity index (χ0n) is 21.1. The molecule has 42 heavy (non-hydrogen) atoms. The van der Waals surface area contributed by atoms with Crippen LogP contribution in [0.5, 0.6) is 0 Å². The molecule has 2 amide bonds. The normalized spacial score (nSPS) is 12.4. The molecule has 0 saturated heterocycles. The Morgan fingerprint density at radius 2 is 1.67 bits per heavy atom. The summed E-state index contributed by atoms with van der Waals surface area (Å²) < 4.78 is 108. The van der Waals surface area contributed by atoms with Crippen LogP contribution in [-0.2, 0) is 23.9 Å². The van der Waals surface area contributed by atoms with Crippen molar-refractivity contribution in [1.82, 2.24) is 20.1 Å². The van der Waals surface area contributed by atoms with E-state index in [1.165, 1.54) is 24.4 Å². The molecule has 0 aliphatic rings. The molecule has 2 heterocycles. The minimum atomic E-state index is -5.06. The first-order valence-electron chi connectivity index (χ1n) is 11.9. The molecule has 0 radical (unpaired) electrons. The van der Waals surface area contributed by atoms with Gasteiger partial charge in [-0.25, -0.2) is 22.0 Å². The van der Waals surface area contributed by atoms with Crippen LogP contribution in [0.4, 0.5) is 35.1 Å². The summed E-state index contributed by atoms with van der Waals surface area (Å²) in [6, 6.07) is 7.69. The van der Waals surface area contributed by atoms with E-state index in [-0.39, 0.29) is 39.6 Å². The number of hydrogen-bond acceptors (Lipinski definition) is 4. The number of nitrogens with one attached hydrogen (secondary N) is 1. The van der Waals surface area contributed by atoms with Gasteiger partial charge < -0.3 is 11.1 Å². The highest BCUT2D eigenvalue weighted by Crippen LogP contribution is 2.32. The Morgan fingerprint density at radius 1 is 0.976 bits per heavy atom. The van der Waals surface area contributed by atoms with E-state index >= 15 is 0 Å². The highest BCUT2D eigenvalue weighted by atomic mass is 19.4. The Bertz CT molecular complexity index is 1620. The van der Waals surface area contributed by atoms with Crippen molar-refractivity contribution < 1.29 is 44.7 Å². The summed E-state index contributed by atoms with van der Waals surface area (Å²) in [5.74, 6) is -4.97. The number of alkyl halides is 5. The fourth-order valence-electron chi connectivity index (χ4n) is 4.25. The van der Waals surface area contributed by atoms with E-state index in [0.717, 1.165) is 24.3 Å². The van der Waals surface area contributed by atoms with Crippen molar-refractivity contribution in [2.75, 3.05) is 0 Å². The van der Waals surface area contributed by atoms with Crippen LogP contribution in [0, 0.1) is 17.5 Å². The van der Waals surface area contributed by atoms with Gasteiger partial charge in [-0.15, -0.1) is 0 Å². The lowest BCUT2D eigenvalue weighted by atomic mass is 9.94. The van der Waals surface area contributed by atoms with Crippen molar-refractivity contribution in [2.45, 2.75) is 31.6 Å². The van der Waals surface area contributed by atoms with Crippen molar-refractivity contribution >= 4 is 11.8 Å². The van der Waals surface area contributed by atoms with E-state index in [4.69, 9.17) is 5.73 Å². The third kappa shape index (κ3) is 6.90. The third-order valence-electron chi connectivity index (χ3n) is 6.03. The summed E-state index contributed by atoms with van der Waals surface area (Å²) in [7, 11) is 0. The molecule has 15 heteroatoms. The van der Waals surface area contributed by atoms with Crippen molar-refractivity contribution in [3.63, 3.8) is 0 Å². The van der Waals surface area contributed by atoms with Crippen LogP contribution in [-0.4, -0.2) is 26.6 Å². The van der Waals surface area contributed by atoms with Gasteiger partial charge in [-0.2, -0.15) is 18.3 Å². The summed E-state index contributed by atoms with van der Waals surface area (Å²) in [5, 5.41) is 5.53. The highest BCUT2D eigenvalue weighted by molar-refractivity contribution is 5.94. The van der Waals surface area contributed by atoms with E-state index in [2.05, 4.69) is 15.4 Å². The molecule has 0 saturated carbocycles. The maximum atomic E-state index is 14.1. The van der Waals surface area contributed by atoms with Crippen molar-refractivity contribution in [3.05, 3.63) is 106 Å². The molecule has 0 unspecified atom stereocenters. The first kappa shape index (κ1) is 30.1. The van der Waals surface area contributed by atoms with Crippen LogP contribution >= 0.6 is 0 Å². The van der Waals surface area contributed by atoms with E-state index in [9.17, 15) is 44.7 Å². The van der Waals surface area contributed by atoms with Gasteiger partial charge in [0.2, 0.25) is 5.91 Å². The predicted molar refractivity (Wildman–Crippen MR) is 131 cm³/mol. The van der Waals surface area contributed by atoms with Crippen LogP contribution < -0.4 is 11.1 Å². The summed E-state index contributed by atoms with van der Waals surface area (Å²) in [6.45, 7) is -1.08. The zero-order chi connectivity index (χ0) is 30.8. The number of carbonyl (C=O) groups excluding carboxylic acids is 2. The molecule has 2 aromatic heterocycles. The van der Waals surface area contributed by atoms with E-state index in [1.807, 2.05) is 0 Å². The number of aromatic nitrogens is 3.